The van der Waals surface area contributed by atoms with Gasteiger partial charge in [-0.15, -0.1) is 0 Å². The maximum atomic E-state index is 12.1. The van der Waals surface area contributed by atoms with E-state index in [2.05, 4.69) is 15.9 Å². The van der Waals surface area contributed by atoms with Gasteiger partial charge in [0.25, 0.3) is 0 Å². The monoisotopic (exact) mass is 334 g/mol. The molecule has 0 saturated carbocycles. The molecule has 4 nitrogen and oxygen atoms in total. The SMILES string of the molecule is O=S(=O)(CCC1OCCCO1)c1cccc(Br)c1. The molecule has 0 radical (unpaired) electrons. The Kier molecular flexibility index (Phi) is 4.77. The van der Waals surface area contributed by atoms with Gasteiger partial charge in [-0.2, -0.15) is 0 Å². The molecule has 2 rings (SSSR count). The van der Waals surface area contributed by atoms with Crippen molar-refractivity contribution in [3.63, 3.8) is 0 Å². The van der Waals surface area contributed by atoms with Crippen LogP contribution in [0, 0.1) is 0 Å². The van der Waals surface area contributed by atoms with E-state index in [1.54, 1.807) is 24.3 Å². The molecule has 100 valence electrons. The smallest absolute Gasteiger partial charge is 0.178 e. The average molecular weight is 335 g/mol. The molecule has 0 aromatic heterocycles. The predicted molar refractivity (Wildman–Crippen MR) is 71.1 cm³/mol. The second kappa shape index (κ2) is 6.14. The molecule has 0 N–H and O–H groups in total. The molecule has 1 aliphatic rings. The van der Waals surface area contributed by atoms with Crippen molar-refractivity contribution >= 4 is 25.8 Å². The molecule has 1 heterocycles. The van der Waals surface area contributed by atoms with Crippen LogP contribution in [0.2, 0.25) is 0 Å². The Morgan fingerprint density at radius 1 is 1.28 bits per heavy atom. The van der Waals surface area contributed by atoms with Crippen LogP contribution in [0.15, 0.2) is 33.6 Å². The maximum absolute atomic E-state index is 12.1. The topological polar surface area (TPSA) is 52.6 Å². The highest BCUT2D eigenvalue weighted by Crippen LogP contribution is 2.19. The van der Waals surface area contributed by atoms with Crippen LogP contribution in [0.1, 0.15) is 12.8 Å². The summed E-state index contributed by atoms with van der Waals surface area (Å²) in [6, 6.07) is 6.72. The Balaban J connectivity index is 1.98. The largest absolute Gasteiger partial charge is 0.353 e. The lowest BCUT2D eigenvalue weighted by molar-refractivity contribution is -0.178. The number of sulfone groups is 1. The van der Waals surface area contributed by atoms with Gasteiger partial charge in [-0.3, -0.25) is 0 Å². The molecule has 0 aliphatic carbocycles. The quantitative estimate of drug-likeness (QED) is 0.848. The van der Waals surface area contributed by atoms with Gasteiger partial charge in [-0.25, -0.2) is 8.42 Å². The van der Waals surface area contributed by atoms with Gasteiger partial charge >= 0.3 is 0 Å². The number of hydrogen-bond acceptors (Lipinski definition) is 4. The van der Waals surface area contributed by atoms with Crippen molar-refractivity contribution in [1.29, 1.82) is 0 Å². The summed E-state index contributed by atoms with van der Waals surface area (Å²) in [6.45, 7) is 1.28. The van der Waals surface area contributed by atoms with Gasteiger partial charge in [0.1, 0.15) is 0 Å². The number of benzene rings is 1. The third-order valence-electron chi connectivity index (χ3n) is 2.67. The fourth-order valence-electron chi connectivity index (χ4n) is 1.73. The third kappa shape index (κ3) is 3.78. The van der Waals surface area contributed by atoms with Crippen LogP contribution in [-0.2, 0) is 19.3 Å². The number of rotatable bonds is 4. The number of halogens is 1. The van der Waals surface area contributed by atoms with Gasteiger partial charge in [0.05, 0.1) is 23.9 Å². The summed E-state index contributed by atoms with van der Waals surface area (Å²) >= 11 is 3.27. The molecule has 1 aromatic rings. The Labute approximate surface area is 115 Å². The molecule has 1 saturated heterocycles. The van der Waals surface area contributed by atoms with E-state index in [0.29, 0.717) is 24.5 Å². The first kappa shape index (κ1) is 14.0. The van der Waals surface area contributed by atoms with E-state index in [-0.39, 0.29) is 12.0 Å². The van der Waals surface area contributed by atoms with Crippen LogP contribution < -0.4 is 0 Å². The summed E-state index contributed by atoms with van der Waals surface area (Å²) in [4.78, 5) is 0.327. The predicted octanol–water partition coefficient (Wildman–Crippen LogP) is 2.38. The van der Waals surface area contributed by atoms with Crippen LogP contribution in [-0.4, -0.2) is 33.7 Å². The minimum Gasteiger partial charge on any atom is -0.353 e. The molecule has 0 unspecified atom stereocenters. The highest BCUT2D eigenvalue weighted by atomic mass is 79.9. The van der Waals surface area contributed by atoms with Crippen molar-refractivity contribution in [2.45, 2.75) is 24.0 Å². The zero-order valence-corrected chi connectivity index (χ0v) is 12.2. The van der Waals surface area contributed by atoms with E-state index in [4.69, 9.17) is 9.47 Å². The van der Waals surface area contributed by atoms with Crippen molar-refractivity contribution < 1.29 is 17.9 Å². The average Bonchev–Trinajstić information content (AvgIpc) is 2.38. The zero-order chi connectivity index (χ0) is 13.0. The first-order valence-corrected chi connectivity index (χ1v) is 8.24. The summed E-state index contributed by atoms with van der Waals surface area (Å²) in [5, 5.41) is 0. The van der Waals surface area contributed by atoms with Gasteiger partial charge in [-0.05, 0) is 24.6 Å². The van der Waals surface area contributed by atoms with E-state index in [1.165, 1.54) is 0 Å². The van der Waals surface area contributed by atoms with Crippen LogP contribution in [0.25, 0.3) is 0 Å². The summed E-state index contributed by atoms with van der Waals surface area (Å²) in [7, 11) is -3.27. The Morgan fingerprint density at radius 3 is 2.67 bits per heavy atom. The fourth-order valence-corrected chi connectivity index (χ4v) is 3.61. The minimum absolute atomic E-state index is 0.0358. The molecule has 0 amide bonds. The molecular formula is C12H15BrO4S. The zero-order valence-electron chi connectivity index (χ0n) is 9.84. The minimum atomic E-state index is -3.27. The van der Waals surface area contributed by atoms with E-state index in [0.717, 1.165) is 10.9 Å². The van der Waals surface area contributed by atoms with Gasteiger partial charge in [0.2, 0.25) is 0 Å². The van der Waals surface area contributed by atoms with Crippen LogP contribution in [0.3, 0.4) is 0 Å². The highest BCUT2D eigenvalue weighted by Gasteiger charge is 2.20. The van der Waals surface area contributed by atoms with E-state index in [9.17, 15) is 8.42 Å². The molecule has 0 spiro atoms. The number of ether oxygens (including phenoxy) is 2. The summed E-state index contributed by atoms with van der Waals surface area (Å²) in [5.74, 6) is 0.0358. The van der Waals surface area contributed by atoms with Crippen molar-refractivity contribution in [3.05, 3.63) is 28.7 Å². The lowest BCUT2D eigenvalue weighted by atomic mass is 10.4. The van der Waals surface area contributed by atoms with Gasteiger partial charge < -0.3 is 9.47 Å². The van der Waals surface area contributed by atoms with Crippen LogP contribution in [0.4, 0.5) is 0 Å². The normalized spacial score (nSPS) is 17.8. The van der Waals surface area contributed by atoms with Gasteiger partial charge in [0, 0.05) is 10.9 Å². The molecule has 0 atom stereocenters. The highest BCUT2D eigenvalue weighted by molar-refractivity contribution is 9.10. The fraction of sp³-hybridized carbons (Fsp3) is 0.500. The lowest BCUT2D eigenvalue weighted by Crippen LogP contribution is -2.27. The van der Waals surface area contributed by atoms with E-state index in [1.807, 2.05) is 0 Å². The Hall–Kier alpha value is -0.430. The van der Waals surface area contributed by atoms with Crippen LogP contribution >= 0.6 is 15.9 Å². The molecule has 1 aromatic carbocycles. The number of hydrogen-bond donors (Lipinski definition) is 0. The molecule has 18 heavy (non-hydrogen) atoms. The Morgan fingerprint density at radius 2 is 2.00 bits per heavy atom. The van der Waals surface area contributed by atoms with Crippen molar-refractivity contribution in [3.8, 4) is 0 Å². The molecule has 0 bridgehead atoms. The molecule has 1 aliphatic heterocycles. The van der Waals surface area contributed by atoms with E-state index >= 15 is 0 Å². The second-order valence-electron chi connectivity index (χ2n) is 4.09. The van der Waals surface area contributed by atoms with Crippen molar-refractivity contribution in [2.75, 3.05) is 19.0 Å². The summed E-state index contributed by atoms with van der Waals surface area (Å²) in [5.41, 5.74) is 0. The first-order chi connectivity index (χ1) is 8.58. The van der Waals surface area contributed by atoms with Gasteiger partial charge in [0.15, 0.2) is 16.1 Å². The van der Waals surface area contributed by atoms with Crippen LogP contribution in [0.5, 0.6) is 0 Å². The third-order valence-corrected chi connectivity index (χ3v) is 4.91. The standard InChI is InChI=1S/C12H15BrO4S/c13-10-3-1-4-11(9-10)18(14,15)8-5-12-16-6-2-7-17-12/h1,3-4,9,12H,2,5-8H2. The van der Waals surface area contributed by atoms with Crippen molar-refractivity contribution in [1.82, 2.24) is 0 Å². The molecule has 1 fully saturated rings. The lowest BCUT2D eigenvalue weighted by Gasteiger charge is -2.22. The summed E-state index contributed by atoms with van der Waals surface area (Å²) in [6.07, 6.45) is 0.852. The summed E-state index contributed by atoms with van der Waals surface area (Å²) < 4.78 is 35.6. The second-order valence-corrected chi connectivity index (χ2v) is 7.11. The molecule has 6 heteroatoms. The van der Waals surface area contributed by atoms with Crippen molar-refractivity contribution in [2.24, 2.45) is 0 Å². The maximum Gasteiger partial charge on any atom is 0.178 e. The first-order valence-electron chi connectivity index (χ1n) is 5.79. The van der Waals surface area contributed by atoms with E-state index < -0.39 is 9.84 Å². The molecular weight excluding hydrogens is 320 g/mol. The van der Waals surface area contributed by atoms with Gasteiger partial charge in [-0.1, -0.05) is 22.0 Å². The Bertz CT molecular complexity index is 495.